The van der Waals surface area contributed by atoms with Crippen molar-refractivity contribution in [2.24, 2.45) is 0 Å². The van der Waals surface area contributed by atoms with Gasteiger partial charge in [-0.1, -0.05) is 0 Å². The van der Waals surface area contributed by atoms with Crippen molar-refractivity contribution >= 4 is 0 Å². The first-order chi connectivity index (χ1) is 7.66. The van der Waals surface area contributed by atoms with E-state index in [1.165, 1.54) is 0 Å². The van der Waals surface area contributed by atoms with Gasteiger partial charge in [0.2, 0.25) is 0 Å². The Morgan fingerprint density at radius 2 is 2.19 bits per heavy atom. The van der Waals surface area contributed by atoms with Gasteiger partial charge in [-0.3, -0.25) is 0 Å². The molecule has 1 aliphatic heterocycles. The Morgan fingerprint density at radius 1 is 1.38 bits per heavy atom. The zero-order valence-electron chi connectivity index (χ0n) is 8.67. The van der Waals surface area contributed by atoms with Gasteiger partial charge in [-0.2, -0.15) is 0 Å². The van der Waals surface area contributed by atoms with Crippen molar-refractivity contribution in [3.63, 3.8) is 0 Å². The predicted octanol–water partition coefficient (Wildman–Crippen LogP) is 1.80. The molecule has 1 heterocycles. The smallest absolute Gasteiger partial charge is 0.194 e. The summed E-state index contributed by atoms with van der Waals surface area (Å²) in [6.45, 7) is 1.54. The molecule has 0 radical (unpaired) electrons. The number of aromatic hydroxyl groups is 1. The molecule has 1 saturated heterocycles. The Bertz CT molecular complexity index is 378. The van der Waals surface area contributed by atoms with Crippen LogP contribution in [-0.2, 0) is 0 Å². The molecule has 0 bridgehead atoms. The van der Waals surface area contributed by atoms with Crippen LogP contribution in [0.4, 0.5) is 8.78 Å². The van der Waals surface area contributed by atoms with Crippen LogP contribution in [0.2, 0.25) is 0 Å². The molecule has 2 rings (SSSR count). The molecule has 0 saturated carbocycles. The SMILES string of the molecule is Oc1c(F)cc(F)cc1OC1CCCNC1. The van der Waals surface area contributed by atoms with Crippen molar-refractivity contribution in [2.75, 3.05) is 13.1 Å². The normalized spacial score (nSPS) is 20.8. The van der Waals surface area contributed by atoms with Gasteiger partial charge in [0.25, 0.3) is 0 Å². The zero-order chi connectivity index (χ0) is 11.5. The summed E-state index contributed by atoms with van der Waals surface area (Å²) in [5.41, 5.74) is 0. The summed E-state index contributed by atoms with van der Waals surface area (Å²) in [7, 11) is 0. The minimum atomic E-state index is -1.00. The fraction of sp³-hybridized carbons (Fsp3) is 0.455. The summed E-state index contributed by atoms with van der Waals surface area (Å²) in [5.74, 6) is -2.52. The van der Waals surface area contributed by atoms with Crippen LogP contribution in [0.15, 0.2) is 12.1 Å². The molecule has 1 fully saturated rings. The lowest BCUT2D eigenvalue weighted by Crippen LogP contribution is -2.37. The Hall–Kier alpha value is -1.36. The first kappa shape index (κ1) is 11.1. The Kier molecular flexibility index (Phi) is 3.24. The highest BCUT2D eigenvalue weighted by molar-refractivity contribution is 5.40. The van der Waals surface area contributed by atoms with Gasteiger partial charge in [0.1, 0.15) is 11.9 Å². The lowest BCUT2D eigenvalue weighted by atomic mass is 10.1. The van der Waals surface area contributed by atoms with Gasteiger partial charge in [-0.25, -0.2) is 8.78 Å². The fourth-order valence-electron chi connectivity index (χ4n) is 1.73. The topological polar surface area (TPSA) is 41.5 Å². The molecule has 0 aromatic heterocycles. The molecule has 0 amide bonds. The van der Waals surface area contributed by atoms with Gasteiger partial charge < -0.3 is 15.2 Å². The van der Waals surface area contributed by atoms with E-state index in [2.05, 4.69) is 5.32 Å². The van der Waals surface area contributed by atoms with Crippen LogP contribution >= 0.6 is 0 Å². The summed E-state index contributed by atoms with van der Waals surface area (Å²) < 4.78 is 31.3. The number of halogens is 2. The third-order valence-electron chi connectivity index (χ3n) is 2.54. The molecule has 2 N–H and O–H groups in total. The molecular weight excluding hydrogens is 216 g/mol. The second-order valence-corrected chi connectivity index (χ2v) is 3.82. The molecular formula is C11H13F2NO2. The molecule has 1 atom stereocenters. The maximum absolute atomic E-state index is 13.0. The maximum Gasteiger partial charge on any atom is 0.194 e. The fourth-order valence-corrected chi connectivity index (χ4v) is 1.73. The number of hydrogen-bond donors (Lipinski definition) is 2. The number of phenols is 1. The lowest BCUT2D eigenvalue weighted by Gasteiger charge is -2.24. The Labute approximate surface area is 92.0 Å². The molecule has 0 aliphatic carbocycles. The monoisotopic (exact) mass is 229 g/mol. The zero-order valence-corrected chi connectivity index (χ0v) is 8.67. The Balaban J connectivity index is 2.13. The molecule has 1 aromatic carbocycles. The van der Waals surface area contributed by atoms with E-state index in [0.717, 1.165) is 25.5 Å². The molecule has 5 heteroatoms. The first-order valence-electron chi connectivity index (χ1n) is 5.22. The van der Waals surface area contributed by atoms with Gasteiger partial charge in [-0.15, -0.1) is 0 Å². The summed E-state index contributed by atoms with van der Waals surface area (Å²) >= 11 is 0. The van der Waals surface area contributed by atoms with Crippen molar-refractivity contribution in [1.29, 1.82) is 0 Å². The minimum absolute atomic E-state index is 0.133. The average Bonchev–Trinajstić information content (AvgIpc) is 2.27. The van der Waals surface area contributed by atoms with E-state index >= 15 is 0 Å². The molecule has 1 aromatic rings. The molecule has 16 heavy (non-hydrogen) atoms. The Morgan fingerprint density at radius 3 is 2.88 bits per heavy atom. The van der Waals surface area contributed by atoms with Crippen molar-refractivity contribution in [1.82, 2.24) is 5.32 Å². The maximum atomic E-state index is 13.0. The van der Waals surface area contributed by atoms with Crippen LogP contribution in [0, 0.1) is 11.6 Å². The van der Waals surface area contributed by atoms with E-state index in [0.29, 0.717) is 12.6 Å². The lowest BCUT2D eigenvalue weighted by molar-refractivity contribution is 0.159. The van der Waals surface area contributed by atoms with E-state index in [-0.39, 0.29) is 11.9 Å². The number of phenolic OH excluding ortho intramolecular Hbond substituents is 1. The largest absolute Gasteiger partial charge is 0.502 e. The van der Waals surface area contributed by atoms with Gasteiger partial charge in [0.05, 0.1) is 0 Å². The number of benzene rings is 1. The van der Waals surface area contributed by atoms with Crippen molar-refractivity contribution < 1.29 is 18.6 Å². The van der Waals surface area contributed by atoms with Crippen LogP contribution in [0.5, 0.6) is 11.5 Å². The van der Waals surface area contributed by atoms with Crippen LogP contribution < -0.4 is 10.1 Å². The standard InChI is InChI=1S/C11H13F2NO2/c12-7-4-9(13)11(15)10(5-7)16-8-2-1-3-14-6-8/h4-5,8,14-15H,1-3,6H2. The number of ether oxygens (including phenoxy) is 1. The highest BCUT2D eigenvalue weighted by Gasteiger charge is 2.18. The third kappa shape index (κ3) is 2.41. The second kappa shape index (κ2) is 4.65. The van der Waals surface area contributed by atoms with Gasteiger partial charge in [0.15, 0.2) is 17.3 Å². The summed E-state index contributed by atoms with van der Waals surface area (Å²) in [5, 5.41) is 12.5. The first-order valence-corrected chi connectivity index (χ1v) is 5.22. The highest BCUT2D eigenvalue weighted by atomic mass is 19.1. The second-order valence-electron chi connectivity index (χ2n) is 3.82. The van der Waals surface area contributed by atoms with Crippen LogP contribution in [0.3, 0.4) is 0 Å². The van der Waals surface area contributed by atoms with Crippen molar-refractivity contribution in [3.05, 3.63) is 23.8 Å². The molecule has 1 aliphatic rings. The third-order valence-corrected chi connectivity index (χ3v) is 2.54. The van der Waals surface area contributed by atoms with E-state index in [1.807, 2.05) is 0 Å². The van der Waals surface area contributed by atoms with Crippen molar-refractivity contribution in [3.8, 4) is 11.5 Å². The van der Waals surface area contributed by atoms with Gasteiger partial charge in [0, 0.05) is 18.7 Å². The van der Waals surface area contributed by atoms with Crippen molar-refractivity contribution in [2.45, 2.75) is 18.9 Å². The van der Waals surface area contributed by atoms with Gasteiger partial charge >= 0.3 is 0 Å². The van der Waals surface area contributed by atoms with E-state index in [9.17, 15) is 13.9 Å². The van der Waals surface area contributed by atoms with E-state index < -0.39 is 17.4 Å². The van der Waals surface area contributed by atoms with E-state index in [1.54, 1.807) is 0 Å². The number of rotatable bonds is 2. The number of piperidine rings is 1. The highest BCUT2D eigenvalue weighted by Crippen LogP contribution is 2.31. The summed E-state index contributed by atoms with van der Waals surface area (Å²) in [6.07, 6.45) is 1.61. The molecule has 3 nitrogen and oxygen atoms in total. The summed E-state index contributed by atoms with van der Waals surface area (Å²) in [4.78, 5) is 0. The minimum Gasteiger partial charge on any atom is -0.502 e. The quantitative estimate of drug-likeness (QED) is 0.812. The summed E-state index contributed by atoms with van der Waals surface area (Å²) in [6, 6.07) is 1.62. The van der Waals surface area contributed by atoms with Gasteiger partial charge in [-0.05, 0) is 19.4 Å². The molecule has 1 unspecified atom stereocenters. The number of hydrogen-bond acceptors (Lipinski definition) is 3. The van der Waals surface area contributed by atoms with Crippen LogP contribution in [0.1, 0.15) is 12.8 Å². The molecule has 88 valence electrons. The average molecular weight is 229 g/mol. The van der Waals surface area contributed by atoms with E-state index in [4.69, 9.17) is 4.74 Å². The molecule has 0 spiro atoms. The van der Waals surface area contributed by atoms with Crippen LogP contribution in [0.25, 0.3) is 0 Å². The number of nitrogens with one attached hydrogen (secondary N) is 1. The predicted molar refractivity (Wildman–Crippen MR) is 54.5 cm³/mol. The van der Waals surface area contributed by atoms with Crippen LogP contribution in [-0.4, -0.2) is 24.3 Å².